The highest BCUT2D eigenvalue weighted by Crippen LogP contribution is 2.29. The maximum absolute atomic E-state index is 12.9. The maximum Gasteiger partial charge on any atom is 0.257 e. The van der Waals surface area contributed by atoms with Crippen molar-refractivity contribution < 1.29 is 18.7 Å². The summed E-state index contributed by atoms with van der Waals surface area (Å²) in [6, 6.07) is 10.9. The highest BCUT2D eigenvalue weighted by molar-refractivity contribution is 8.01. The number of rotatable bonds is 8. The van der Waals surface area contributed by atoms with Gasteiger partial charge in [-0.1, -0.05) is 35.2 Å². The summed E-state index contributed by atoms with van der Waals surface area (Å²) >= 11 is 2.81. The third kappa shape index (κ3) is 5.40. The Hall–Kier alpha value is -3.05. The fourth-order valence-electron chi connectivity index (χ4n) is 3.26. The van der Waals surface area contributed by atoms with E-state index in [1.165, 1.54) is 23.1 Å². The zero-order valence-corrected chi connectivity index (χ0v) is 19.2. The van der Waals surface area contributed by atoms with Crippen molar-refractivity contribution in [2.75, 3.05) is 43.9 Å². The molecule has 11 heteroatoms. The molecule has 0 atom stereocenters. The SMILES string of the molecule is COc1ccccc1C(=O)N1CCN(c2nnc(SCC(=O)NCc3ccco3)s2)CC1. The van der Waals surface area contributed by atoms with Gasteiger partial charge in [0.1, 0.15) is 11.5 Å². The summed E-state index contributed by atoms with van der Waals surface area (Å²) in [6.45, 7) is 2.89. The molecule has 0 bridgehead atoms. The van der Waals surface area contributed by atoms with Crippen LogP contribution in [-0.4, -0.2) is 66.0 Å². The average molecular weight is 474 g/mol. The average Bonchev–Trinajstić information content (AvgIpc) is 3.53. The molecule has 0 radical (unpaired) electrons. The van der Waals surface area contributed by atoms with Gasteiger partial charge in [-0.15, -0.1) is 10.2 Å². The van der Waals surface area contributed by atoms with Crippen molar-refractivity contribution >= 4 is 40.0 Å². The Labute approximate surface area is 193 Å². The number of carbonyl (C=O) groups is 2. The predicted molar refractivity (Wildman–Crippen MR) is 122 cm³/mol. The first-order valence-electron chi connectivity index (χ1n) is 10.1. The van der Waals surface area contributed by atoms with Gasteiger partial charge in [0.2, 0.25) is 11.0 Å². The predicted octanol–water partition coefficient (Wildman–Crippen LogP) is 2.51. The number of nitrogens with one attached hydrogen (secondary N) is 1. The highest BCUT2D eigenvalue weighted by atomic mass is 32.2. The summed E-state index contributed by atoms with van der Waals surface area (Å²) < 4.78 is 11.2. The van der Waals surface area contributed by atoms with E-state index in [1.807, 2.05) is 23.1 Å². The molecule has 1 aromatic carbocycles. The monoisotopic (exact) mass is 473 g/mol. The van der Waals surface area contributed by atoms with E-state index >= 15 is 0 Å². The van der Waals surface area contributed by atoms with E-state index in [4.69, 9.17) is 9.15 Å². The maximum atomic E-state index is 12.9. The number of hydrogen-bond donors (Lipinski definition) is 1. The number of anilines is 1. The molecule has 2 amide bonds. The molecule has 0 aliphatic carbocycles. The van der Waals surface area contributed by atoms with E-state index in [2.05, 4.69) is 20.4 Å². The number of amides is 2. The summed E-state index contributed by atoms with van der Waals surface area (Å²) in [5.41, 5.74) is 0.573. The van der Waals surface area contributed by atoms with Crippen molar-refractivity contribution in [2.24, 2.45) is 0 Å². The first-order chi connectivity index (χ1) is 15.6. The summed E-state index contributed by atoms with van der Waals surface area (Å²) in [5, 5.41) is 12.1. The largest absolute Gasteiger partial charge is 0.496 e. The molecular weight excluding hydrogens is 450 g/mol. The van der Waals surface area contributed by atoms with E-state index in [0.717, 1.165) is 9.47 Å². The number of nitrogens with zero attached hydrogens (tertiary/aromatic N) is 4. The number of hydrogen-bond acceptors (Lipinski definition) is 9. The number of piperazine rings is 1. The van der Waals surface area contributed by atoms with Gasteiger partial charge in [-0.05, 0) is 24.3 Å². The van der Waals surface area contributed by atoms with E-state index in [1.54, 1.807) is 31.6 Å². The second-order valence-electron chi connectivity index (χ2n) is 6.97. The van der Waals surface area contributed by atoms with Crippen LogP contribution in [0.25, 0.3) is 0 Å². The molecule has 1 fully saturated rings. The second-order valence-corrected chi connectivity index (χ2v) is 9.15. The molecule has 4 rings (SSSR count). The summed E-state index contributed by atoms with van der Waals surface area (Å²) in [6.07, 6.45) is 1.58. The normalized spacial score (nSPS) is 13.8. The molecule has 3 heterocycles. The number of aromatic nitrogens is 2. The Bertz CT molecular complexity index is 1050. The van der Waals surface area contributed by atoms with E-state index in [9.17, 15) is 9.59 Å². The fourth-order valence-corrected chi connectivity index (χ4v) is 4.98. The Morgan fingerprint density at radius 2 is 1.97 bits per heavy atom. The van der Waals surface area contributed by atoms with Crippen LogP contribution in [0.1, 0.15) is 16.1 Å². The topological polar surface area (TPSA) is 101 Å². The standard InChI is InChI=1S/C21H23N5O4S2/c1-29-17-7-3-2-6-16(17)19(28)25-8-10-26(11-9-25)20-23-24-21(32-20)31-14-18(27)22-13-15-5-4-12-30-15/h2-7,12H,8-11,13-14H2,1H3,(H,22,27). The van der Waals surface area contributed by atoms with Gasteiger partial charge in [0.25, 0.3) is 5.91 Å². The van der Waals surface area contributed by atoms with E-state index in [-0.39, 0.29) is 17.6 Å². The Morgan fingerprint density at radius 3 is 2.72 bits per heavy atom. The van der Waals surface area contributed by atoms with Gasteiger partial charge in [-0.25, -0.2) is 0 Å². The lowest BCUT2D eigenvalue weighted by atomic mass is 10.1. The number of carbonyl (C=O) groups excluding carboxylic acids is 2. The minimum absolute atomic E-state index is 0.0313. The van der Waals surface area contributed by atoms with Crippen LogP contribution in [0.15, 0.2) is 51.4 Å². The Balaban J connectivity index is 1.25. The number of thioether (sulfide) groups is 1. The zero-order chi connectivity index (χ0) is 22.3. The van der Waals surface area contributed by atoms with Crippen molar-refractivity contribution in [2.45, 2.75) is 10.9 Å². The number of benzene rings is 1. The van der Waals surface area contributed by atoms with Gasteiger partial charge < -0.3 is 24.3 Å². The smallest absolute Gasteiger partial charge is 0.257 e. The van der Waals surface area contributed by atoms with E-state index < -0.39 is 0 Å². The molecule has 0 saturated carbocycles. The molecule has 1 aliphatic rings. The van der Waals surface area contributed by atoms with Gasteiger partial charge >= 0.3 is 0 Å². The minimum atomic E-state index is -0.0911. The minimum Gasteiger partial charge on any atom is -0.496 e. The van der Waals surface area contributed by atoms with Crippen LogP contribution in [-0.2, 0) is 11.3 Å². The molecule has 0 spiro atoms. The Kier molecular flexibility index (Phi) is 7.28. The third-order valence-electron chi connectivity index (χ3n) is 4.94. The quantitative estimate of drug-likeness (QED) is 0.498. The Morgan fingerprint density at radius 1 is 1.16 bits per heavy atom. The number of methoxy groups -OCH3 is 1. The van der Waals surface area contributed by atoms with Crippen LogP contribution >= 0.6 is 23.1 Å². The van der Waals surface area contributed by atoms with Crippen molar-refractivity contribution in [3.8, 4) is 5.75 Å². The van der Waals surface area contributed by atoms with Crippen LogP contribution < -0.4 is 15.0 Å². The van der Waals surface area contributed by atoms with Crippen molar-refractivity contribution in [1.29, 1.82) is 0 Å². The molecule has 0 unspecified atom stereocenters. The van der Waals surface area contributed by atoms with Gasteiger partial charge in [0.05, 0.1) is 31.2 Å². The van der Waals surface area contributed by atoms with Crippen molar-refractivity contribution in [1.82, 2.24) is 20.4 Å². The zero-order valence-electron chi connectivity index (χ0n) is 17.5. The molecular formula is C21H23N5O4S2. The lowest BCUT2D eigenvalue weighted by molar-refractivity contribution is -0.118. The van der Waals surface area contributed by atoms with E-state index in [0.29, 0.717) is 49.8 Å². The van der Waals surface area contributed by atoms with Crippen LogP contribution in [0.3, 0.4) is 0 Å². The number of para-hydroxylation sites is 1. The number of furan rings is 1. The second kappa shape index (κ2) is 10.5. The molecule has 1 aliphatic heterocycles. The van der Waals surface area contributed by atoms with Crippen molar-refractivity contribution in [3.05, 3.63) is 54.0 Å². The highest BCUT2D eigenvalue weighted by Gasteiger charge is 2.25. The van der Waals surface area contributed by atoms with Gasteiger partial charge in [-0.3, -0.25) is 9.59 Å². The van der Waals surface area contributed by atoms with Gasteiger partial charge in [0.15, 0.2) is 4.34 Å². The molecule has 3 aromatic rings. The third-order valence-corrected chi connectivity index (χ3v) is 7.05. The summed E-state index contributed by atoms with van der Waals surface area (Å²) in [7, 11) is 1.57. The van der Waals surface area contributed by atoms with Gasteiger partial charge in [-0.2, -0.15) is 0 Å². The molecule has 32 heavy (non-hydrogen) atoms. The van der Waals surface area contributed by atoms with Crippen LogP contribution in [0.4, 0.5) is 5.13 Å². The van der Waals surface area contributed by atoms with Crippen molar-refractivity contribution in [3.63, 3.8) is 0 Å². The van der Waals surface area contributed by atoms with Crippen LogP contribution in [0.2, 0.25) is 0 Å². The van der Waals surface area contributed by atoms with Crippen LogP contribution in [0, 0.1) is 0 Å². The summed E-state index contributed by atoms with van der Waals surface area (Å²) in [4.78, 5) is 28.8. The van der Waals surface area contributed by atoms with Gasteiger partial charge in [0, 0.05) is 26.2 Å². The first-order valence-corrected chi connectivity index (χ1v) is 11.9. The van der Waals surface area contributed by atoms with Crippen LogP contribution in [0.5, 0.6) is 5.75 Å². The molecule has 168 valence electrons. The molecule has 2 aromatic heterocycles. The summed E-state index contributed by atoms with van der Waals surface area (Å²) in [5.74, 6) is 1.43. The number of ether oxygens (including phenoxy) is 1. The lowest BCUT2D eigenvalue weighted by Crippen LogP contribution is -2.48. The fraction of sp³-hybridized carbons (Fsp3) is 0.333. The molecule has 9 nitrogen and oxygen atoms in total. The lowest BCUT2D eigenvalue weighted by Gasteiger charge is -2.34. The molecule has 1 N–H and O–H groups in total. The first kappa shape index (κ1) is 22.2. The molecule has 1 saturated heterocycles.